The Kier molecular flexibility index (Phi) is 7.62. The molecule has 2 aromatic rings. The van der Waals surface area contributed by atoms with Crippen LogP contribution in [-0.4, -0.2) is 51.6 Å². The Labute approximate surface area is 201 Å². The number of rotatable bonds is 6. The number of nitrogens with zero attached hydrogens (tertiary/aromatic N) is 1. The van der Waals surface area contributed by atoms with E-state index in [4.69, 9.17) is 0 Å². The number of hydrogen-bond acceptors (Lipinski definition) is 5. The molecule has 32 heavy (non-hydrogen) atoms. The predicted molar refractivity (Wildman–Crippen MR) is 136 cm³/mol. The summed E-state index contributed by atoms with van der Waals surface area (Å²) in [4.78, 5) is 0.344. The second-order valence-electron chi connectivity index (χ2n) is 9.10. The maximum Gasteiger partial charge on any atom is 0.243 e. The zero-order valence-corrected chi connectivity index (χ0v) is 21.3. The van der Waals surface area contributed by atoms with Crippen molar-refractivity contribution in [3.8, 4) is 0 Å². The van der Waals surface area contributed by atoms with E-state index >= 15 is 0 Å². The van der Waals surface area contributed by atoms with Crippen molar-refractivity contribution >= 4 is 33.5 Å². The molecule has 7 heteroatoms. The van der Waals surface area contributed by atoms with E-state index in [-0.39, 0.29) is 16.2 Å². The number of hydrogen-bond donors (Lipinski definition) is 1. The lowest BCUT2D eigenvalue weighted by molar-refractivity contribution is 0.105. The smallest absolute Gasteiger partial charge is 0.243 e. The summed E-state index contributed by atoms with van der Waals surface area (Å²) in [5.74, 6) is 2.24. The Bertz CT molecular complexity index is 987. The standard InChI is InChI=1S/C25H33NO3S3/c1-19-9-11-24(12-10-19)32(28,29)26-22(15-20(2)27)17-25(30-13-6-14-31-25)18-23(26)16-21-7-4-3-5-8-21/h3-5,7-12,20,22-23,27H,6,13-18H2,1-2H3/t20-,22+,23-/m0/s1. The number of benzene rings is 2. The monoisotopic (exact) mass is 491 g/mol. The lowest BCUT2D eigenvalue weighted by Gasteiger charge is -2.51. The average molecular weight is 492 g/mol. The van der Waals surface area contributed by atoms with Crippen molar-refractivity contribution in [3.63, 3.8) is 0 Å². The van der Waals surface area contributed by atoms with Gasteiger partial charge in [-0.2, -0.15) is 4.31 Å². The Morgan fingerprint density at radius 3 is 2.28 bits per heavy atom. The summed E-state index contributed by atoms with van der Waals surface area (Å²) in [6.45, 7) is 3.73. The molecule has 3 atom stereocenters. The van der Waals surface area contributed by atoms with E-state index in [0.29, 0.717) is 17.7 Å². The van der Waals surface area contributed by atoms with Gasteiger partial charge in [0.15, 0.2) is 0 Å². The molecule has 2 aliphatic heterocycles. The fourth-order valence-electron chi connectivity index (χ4n) is 4.99. The summed E-state index contributed by atoms with van der Waals surface area (Å²) in [7, 11) is -3.69. The van der Waals surface area contributed by atoms with Crippen LogP contribution >= 0.6 is 23.5 Å². The molecule has 4 nitrogen and oxygen atoms in total. The topological polar surface area (TPSA) is 57.6 Å². The number of aliphatic hydroxyl groups excluding tert-OH is 1. The molecule has 0 aliphatic carbocycles. The van der Waals surface area contributed by atoms with Crippen LogP contribution in [0, 0.1) is 6.92 Å². The zero-order valence-electron chi connectivity index (χ0n) is 18.8. The van der Waals surface area contributed by atoms with Crippen LogP contribution in [0.15, 0.2) is 59.5 Å². The van der Waals surface area contributed by atoms with E-state index in [9.17, 15) is 13.5 Å². The Morgan fingerprint density at radius 1 is 1.03 bits per heavy atom. The highest BCUT2D eigenvalue weighted by Gasteiger charge is 2.50. The highest BCUT2D eigenvalue weighted by Crippen LogP contribution is 2.54. The zero-order chi connectivity index (χ0) is 22.8. The highest BCUT2D eigenvalue weighted by atomic mass is 32.2. The molecule has 2 aromatic carbocycles. The molecule has 1 N–H and O–H groups in total. The number of thioether (sulfide) groups is 2. The normalized spacial score (nSPS) is 25.0. The fourth-order valence-corrected chi connectivity index (χ4v) is 10.4. The molecule has 0 aromatic heterocycles. The van der Waals surface area contributed by atoms with Crippen LogP contribution in [0.25, 0.3) is 0 Å². The minimum Gasteiger partial charge on any atom is -0.393 e. The van der Waals surface area contributed by atoms with Gasteiger partial charge in [-0.3, -0.25) is 0 Å². The van der Waals surface area contributed by atoms with Crippen LogP contribution in [-0.2, 0) is 16.4 Å². The lowest BCUT2D eigenvalue weighted by atomic mass is 9.90. The molecule has 0 bridgehead atoms. The molecule has 0 radical (unpaired) electrons. The molecule has 0 unspecified atom stereocenters. The molecule has 0 amide bonds. The van der Waals surface area contributed by atoms with Crippen LogP contribution in [0.4, 0.5) is 0 Å². The fraction of sp³-hybridized carbons (Fsp3) is 0.520. The molecule has 2 aliphatic rings. The first-order valence-electron chi connectivity index (χ1n) is 11.4. The van der Waals surface area contributed by atoms with Gasteiger partial charge < -0.3 is 5.11 Å². The van der Waals surface area contributed by atoms with E-state index in [0.717, 1.165) is 35.5 Å². The van der Waals surface area contributed by atoms with E-state index in [2.05, 4.69) is 12.1 Å². The van der Waals surface area contributed by atoms with Gasteiger partial charge in [-0.15, -0.1) is 23.5 Å². The molecule has 2 fully saturated rings. The molecular weight excluding hydrogens is 458 g/mol. The second kappa shape index (κ2) is 10.1. The van der Waals surface area contributed by atoms with Gasteiger partial charge in [0.25, 0.3) is 0 Å². The third-order valence-corrected chi connectivity index (χ3v) is 11.8. The molecule has 174 valence electrons. The van der Waals surface area contributed by atoms with Crippen LogP contribution in [0.2, 0.25) is 0 Å². The van der Waals surface area contributed by atoms with Gasteiger partial charge in [0, 0.05) is 12.1 Å². The molecular formula is C25H33NO3S3. The maximum atomic E-state index is 14.0. The Morgan fingerprint density at radius 2 is 1.66 bits per heavy atom. The van der Waals surface area contributed by atoms with Gasteiger partial charge in [-0.25, -0.2) is 8.42 Å². The number of aryl methyl sites for hydroxylation is 1. The summed E-state index contributed by atoms with van der Waals surface area (Å²) in [6.07, 6.45) is 3.40. The average Bonchev–Trinajstić information content (AvgIpc) is 2.74. The largest absolute Gasteiger partial charge is 0.393 e. The van der Waals surface area contributed by atoms with E-state index < -0.39 is 16.1 Å². The SMILES string of the molecule is Cc1ccc(S(=O)(=O)N2[C@H](C[C@H](C)O)CC3(C[C@@H]2Cc2ccccc2)SCCCS3)cc1. The van der Waals surface area contributed by atoms with Crippen molar-refractivity contribution in [2.45, 2.75) is 73.1 Å². The van der Waals surface area contributed by atoms with Crippen molar-refractivity contribution in [2.24, 2.45) is 0 Å². The van der Waals surface area contributed by atoms with Gasteiger partial charge in [0.1, 0.15) is 0 Å². The third kappa shape index (κ3) is 5.39. The molecule has 1 spiro atoms. The van der Waals surface area contributed by atoms with Gasteiger partial charge in [-0.05, 0) is 75.2 Å². The van der Waals surface area contributed by atoms with Gasteiger partial charge >= 0.3 is 0 Å². The molecule has 2 heterocycles. The van der Waals surface area contributed by atoms with E-state index in [1.807, 2.05) is 60.8 Å². The van der Waals surface area contributed by atoms with Crippen LogP contribution in [0.3, 0.4) is 0 Å². The van der Waals surface area contributed by atoms with Crippen molar-refractivity contribution < 1.29 is 13.5 Å². The lowest BCUT2D eigenvalue weighted by Crippen LogP contribution is -2.57. The summed E-state index contributed by atoms with van der Waals surface area (Å²) < 4.78 is 29.8. The Balaban J connectivity index is 1.76. The predicted octanol–water partition coefficient (Wildman–Crippen LogP) is 5.10. The summed E-state index contributed by atoms with van der Waals surface area (Å²) in [6, 6.07) is 17.0. The van der Waals surface area contributed by atoms with Gasteiger partial charge in [0.2, 0.25) is 10.0 Å². The maximum absolute atomic E-state index is 14.0. The first kappa shape index (κ1) is 24.1. The van der Waals surface area contributed by atoms with Crippen LogP contribution in [0.1, 0.15) is 43.7 Å². The molecule has 2 saturated heterocycles. The third-order valence-electron chi connectivity index (χ3n) is 6.36. The van der Waals surface area contributed by atoms with Crippen molar-refractivity contribution in [2.75, 3.05) is 11.5 Å². The van der Waals surface area contributed by atoms with Crippen molar-refractivity contribution in [3.05, 3.63) is 65.7 Å². The quantitative estimate of drug-likeness (QED) is 0.609. The van der Waals surface area contributed by atoms with Crippen molar-refractivity contribution in [1.82, 2.24) is 4.31 Å². The summed E-state index contributed by atoms with van der Waals surface area (Å²) in [5.41, 5.74) is 2.19. The van der Waals surface area contributed by atoms with E-state index in [1.165, 1.54) is 6.42 Å². The number of aliphatic hydroxyl groups is 1. The van der Waals surface area contributed by atoms with Crippen LogP contribution in [0.5, 0.6) is 0 Å². The van der Waals surface area contributed by atoms with Gasteiger partial charge in [0.05, 0.1) is 15.1 Å². The molecule has 4 rings (SSSR count). The first-order chi connectivity index (χ1) is 15.3. The summed E-state index contributed by atoms with van der Waals surface area (Å²) >= 11 is 4.00. The highest BCUT2D eigenvalue weighted by molar-refractivity contribution is 8.18. The Hall–Kier alpha value is -0.990. The van der Waals surface area contributed by atoms with E-state index in [1.54, 1.807) is 23.4 Å². The van der Waals surface area contributed by atoms with Gasteiger partial charge in [-0.1, -0.05) is 48.0 Å². The number of piperidine rings is 1. The second-order valence-corrected chi connectivity index (χ2v) is 14.2. The molecule has 0 saturated carbocycles. The summed E-state index contributed by atoms with van der Waals surface area (Å²) in [5, 5.41) is 10.3. The minimum absolute atomic E-state index is 0.0244. The van der Waals surface area contributed by atoms with Crippen LogP contribution < -0.4 is 0 Å². The number of sulfonamides is 1. The minimum atomic E-state index is -3.69. The first-order valence-corrected chi connectivity index (χ1v) is 14.8. The van der Waals surface area contributed by atoms with Crippen molar-refractivity contribution in [1.29, 1.82) is 0 Å².